The lowest BCUT2D eigenvalue weighted by Crippen LogP contribution is -2.39. The molecule has 1 heterocycles. The van der Waals surface area contributed by atoms with E-state index in [9.17, 15) is 0 Å². The topological polar surface area (TPSA) is 85.6 Å². The highest BCUT2D eigenvalue weighted by molar-refractivity contribution is 5.79. The zero-order chi connectivity index (χ0) is 18.1. The maximum Gasteiger partial charge on any atom is 0.192 e. The number of ether oxygens (including phenoxy) is 2. The van der Waals surface area contributed by atoms with Crippen LogP contribution in [0.2, 0.25) is 0 Å². The molecular formula is C17H26N6O2. The third kappa shape index (κ3) is 5.75. The zero-order valence-corrected chi connectivity index (χ0v) is 15.2. The van der Waals surface area contributed by atoms with Crippen LogP contribution in [0.1, 0.15) is 17.2 Å². The van der Waals surface area contributed by atoms with Crippen molar-refractivity contribution in [1.82, 2.24) is 25.4 Å². The Morgan fingerprint density at radius 1 is 1.16 bits per heavy atom. The Labute approximate surface area is 148 Å². The van der Waals surface area contributed by atoms with Crippen LogP contribution in [0.4, 0.5) is 0 Å². The summed E-state index contributed by atoms with van der Waals surface area (Å²) in [5, 5.41) is 14.7. The van der Waals surface area contributed by atoms with E-state index in [-0.39, 0.29) is 0 Å². The minimum atomic E-state index is 0.540. The van der Waals surface area contributed by atoms with Crippen LogP contribution in [-0.2, 0) is 24.9 Å². The molecule has 1 aromatic carbocycles. The van der Waals surface area contributed by atoms with Crippen molar-refractivity contribution in [1.29, 1.82) is 0 Å². The lowest BCUT2D eigenvalue weighted by Gasteiger charge is -2.12. The largest absolute Gasteiger partial charge is 0.497 e. The van der Waals surface area contributed by atoms with Crippen molar-refractivity contribution in [3.63, 3.8) is 0 Å². The molecule has 25 heavy (non-hydrogen) atoms. The molecule has 8 heteroatoms. The van der Waals surface area contributed by atoms with Gasteiger partial charge in [0.1, 0.15) is 11.6 Å². The predicted molar refractivity (Wildman–Crippen MR) is 96.6 cm³/mol. The summed E-state index contributed by atoms with van der Waals surface area (Å²) in [5.41, 5.74) is 1.10. The average molecular weight is 346 g/mol. The van der Waals surface area contributed by atoms with Crippen molar-refractivity contribution in [2.75, 3.05) is 27.4 Å². The third-order valence-electron chi connectivity index (χ3n) is 3.77. The first-order chi connectivity index (χ1) is 12.1. The Morgan fingerprint density at radius 2 is 1.92 bits per heavy atom. The van der Waals surface area contributed by atoms with Gasteiger partial charge in [-0.05, 0) is 24.6 Å². The predicted octanol–water partition coefficient (Wildman–Crippen LogP) is 1.01. The molecule has 0 spiro atoms. The number of guanidine groups is 1. The van der Waals surface area contributed by atoms with Gasteiger partial charge in [-0.3, -0.25) is 0 Å². The first kappa shape index (κ1) is 18.7. The van der Waals surface area contributed by atoms with Gasteiger partial charge in [0.15, 0.2) is 11.8 Å². The third-order valence-corrected chi connectivity index (χ3v) is 3.77. The van der Waals surface area contributed by atoms with Gasteiger partial charge in [0.2, 0.25) is 0 Å². The second-order valence-corrected chi connectivity index (χ2v) is 5.51. The van der Waals surface area contributed by atoms with Gasteiger partial charge in [-0.1, -0.05) is 12.1 Å². The highest BCUT2D eigenvalue weighted by Gasteiger charge is 2.06. The first-order valence-corrected chi connectivity index (χ1v) is 8.13. The van der Waals surface area contributed by atoms with E-state index in [0.717, 1.165) is 23.0 Å². The molecule has 2 aromatic rings. The van der Waals surface area contributed by atoms with E-state index in [1.807, 2.05) is 42.8 Å². The number of hydrogen-bond donors (Lipinski definition) is 2. The SMILES string of the molecule is COCCNC(=NCc1ccc(OC)cc1)NCc1nnc(C)n1C. The Hall–Kier alpha value is -2.61. The number of hydrogen-bond acceptors (Lipinski definition) is 5. The standard InChI is InChI=1S/C17H26N6O2/c1-13-21-22-16(23(13)2)12-20-17(18-9-10-24-3)19-11-14-5-7-15(25-4)8-6-14/h5-8H,9-12H2,1-4H3,(H2,18,19,20). The molecule has 0 bridgehead atoms. The molecule has 0 radical (unpaired) electrons. The van der Waals surface area contributed by atoms with Gasteiger partial charge in [0.05, 0.1) is 26.8 Å². The molecule has 0 fully saturated rings. The van der Waals surface area contributed by atoms with Crippen LogP contribution < -0.4 is 15.4 Å². The normalized spacial score (nSPS) is 11.4. The molecule has 0 saturated heterocycles. The number of nitrogens with zero attached hydrogens (tertiary/aromatic N) is 4. The van der Waals surface area contributed by atoms with Crippen molar-refractivity contribution in [3.05, 3.63) is 41.5 Å². The minimum Gasteiger partial charge on any atom is -0.497 e. The van der Waals surface area contributed by atoms with E-state index in [1.54, 1.807) is 14.2 Å². The van der Waals surface area contributed by atoms with Crippen molar-refractivity contribution < 1.29 is 9.47 Å². The Balaban J connectivity index is 1.98. The summed E-state index contributed by atoms with van der Waals surface area (Å²) in [7, 11) is 5.27. The number of rotatable bonds is 8. The van der Waals surface area contributed by atoms with Crippen LogP contribution in [0.15, 0.2) is 29.3 Å². The molecule has 8 nitrogen and oxygen atoms in total. The summed E-state index contributed by atoms with van der Waals surface area (Å²) < 4.78 is 12.2. The number of methoxy groups -OCH3 is 2. The number of aromatic nitrogens is 3. The van der Waals surface area contributed by atoms with Crippen molar-refractivity contribution in [3.8, 4) is 5.75 Å². The average Bonchev–Trinajstić information content (AvgIpc) is 2.96. The maximum atomic E-state index is 5.17. The zero-order valence-electron chi connectivity index (χ0n) is 15.2. The second-order valence-electron chi connectivity index (χ2n) is 5.51. The number of benzene rings is 1. The quantitative estimate of drug-likeness (QED) is 0.422. The van der Waals surface area contributed by atoms with E-state index < -0.39 is 0 Å². The molecule has 136 valence electrons. The van der Waals surface area contributed by atoms with Crippen LogP contribution in [0, 0.1) is 6.92 Å². The fraction of sp³-hybridized carbons (Fsp3) is 0.471. The van der Waals surface area contributed by atoms with Crippen LogP contribution in [0.5, 0.6) is 5.75 Å². The van der Waals surface area contributed by atoms with Crippen LogP contribution in [-0.4, -0.2) is 48.1 Å². The number of aryl methyl sites for hydroxylation is 1. The van der Waals surface area contributed by atoms with Crippen LogP contribution in [0.25, 0.3) is 0 Å². The van der Waals surface area contributed by atoms with Crippen molar-refractivity contribution >= 4 is 5.96 Å². The van der Waals surface area contributed by atoms with Gasteiger partial charge in [-0.15, -0.1) is 10.2 Å². The number of aliphatic imine (C=N–C) groups is 1. The van der Waals surface area contributed by atoms with Gasteiger partial charge >= 0.3 is 0 Å². The number of nitrogens with one attached hydrogen (secondary N) is 2. The summed E-state index contributed by atoms with van der Waals surface area (Å²) in [6.07, 6.45) is 0. The highest BCUT2D eigenvalue weighted by Crippen LogP contribution is 2.11. The molecular weight excluding hydrogens is 320 g/mol. The summed E-state index contributed by atoms with van der Waals surface area (Å²) >= 11 is 0. The first-order valence-electron chi connectivity index (χ1n) is 8.13. The molecule has 0 saturated carbocycles. The van der Waals surface area contributed by atoms with Gasteiger partial charge in [0.25, 0.3) is 0 Å². The Morgan fingerprint density at radius 3 is 2.52 bits per heavy atom. The molecule has 2 rings (SSSR count). The fourth-order valence-electron chi connectivity index (χ4n) is 2.11. The van der Waals surface area contributed by atoms with E-state index in [4.69, 9.17) is 9.47 Å². The van der Waals surface area contributed by atoms with Crippen LogP contribution >= 0.6 is 0 Å². The summed E-state index contributed by atoms with van der Waals surface area (Å²) in [6.45, 7) is 4.30. The molecule has 0 amide bonds. The second kappa shape index (κ2) is 9.63. The lowest BCUT2D eigenvalue weighted by atomic mass is 10.2. The summed E-state index contributed by atoms with van der Waals surface area (Å²) in [4.78, 5) is 4.61. The monoisotopic (exact) mass is 346 g/mol. The molecule has 0 aliphatic carbocycles. The molecule has 2 N–H and O–H groups in total. The smallest absolute Gasteiger partial charge is 0.192 e. The van der Waals surface area contributed by atoms with E-state index in [1.165, 1.54) is 0 Å². The van der Waals surface area contributed by atoms with Crippen LogP contribution in [0.3, 0.4) is 0 Å². The van der Waals surface area contributed by atoms with Crippen molar-refractivity contribution in [2.24, 2.45) is 12.0 Å². The van der Waals surface area contributed by atoms with E-state index in [0.29, 0.717) is 32.2 Å². The van der Waals surface area contributed by atoms with Gasteiger partial charge in [0, 0.05) is 20.7 Å². The highest BCUT2D eigenvalue weighted by atomic mass is 16.5. The molecule has 0 atom stereocenters. The van der Waals surface area contributed by atoms with Gasteiger partial charge in [-0.25, -0.2) is 4.99 Å². The summed E-state index contributed by atoms with van der Waals surface area (Å²) in [6, 6.07) is 7.86. The van der Waals surface area contributed by atoms with E-state index >= 15 is 0 Å². The van der Waals surface area contributed by atoms with E-state index in [2.05, 4.69) is 25.8 Å². The van der Waals surface area contributed by atoms with Gasteiger partial charge < -0.3 is 24.7 Å². The molecule has 0 unspecified atom stereocenters. The minimum absolute atomic E-state index is 0.540. The molecule has 0 aliphatic heterocycles. The molecule has 1 aromatic heterocycles. The van der Waals surface area contributed by atoms with Gasteiger partial charge in [-0.2, -0.15) is 0 Å². The Bertz CT molecular complexity index is 681. The Kier molecular flexibility index (Phi) is 7.21. The van der Waals surface area contributed by atoms with Crippen molar-refractivity contribution in [2.45, 2.75) is 20.0 Å². The lowest BCUT2D eigenvalue weighted by molar-refractivity contribution is 0.203. The fourth-order valence-corrected chi connectivity index (χ4v) is 2.11. The summed E-state index contributed by atoms with van der Waals surface area (Å²) in [5.74, 6) is 3.26. The molecule has 0 aliphatic rings. The maximum absolute atomic E-state index is 5.17.